The number of anilines is 1. The molecule has 1 fully saturated rings. The van der Waals surface area contributed by atoms with E-state index >= 15 is 0 Å². The number of amides is 1. The first kappa shape index (κ1) is 16.7. The van der Waals surface area contributed by atoms with Crippen molar-refractivity contribution in [3.05, 3.63) is 28.3 Å². The van der Waals surface area contributed by atoms with Crippen molar-refractivity contribution in [2.75, 3.05) is 5.32 Å². The molecule has 1 amide bonds. The number of hydrogen-bond donors (Lipinski definition) is 1. The van der Waals surface area contributed by atoms with Crippen LogP contribution in [0.5, 0.6) is 5.75 Å². The number of carbonyl (C=O) groups is 2. The number of aromatic nitrogens is 2. The first-order valence-corrected chi connectivity index (χ1v) is 8.89. The third-order valence-electron chi connectivity index (χ3n) is 3.00. The lowest BCUT2D eigenvalue weighted by molar-refractivity contribution is -0.136. The summed E-state index contributed by atoms with van der Waals surface area (Å²) in [7, 11) is 0. The Bertz CT molecular complexity index is 828. The minimum Gasteiger partial charge on any atom is -0.464 e. The van der Waals surface area contributed by atoms with Crippen LogP contribution in [0.25, 0.3) is 0 Å². The molecule has 8 nitrogen and oxygen atoms in total. The van der Waals surface area contributed by atoms with Crippen molar-refractivity contribution in [1.82, 2.24) is 10.2 Å². The van der Waals surface area contributed by atoms with Gasteiger partial charge in [-0.15, -0.1) is 10.2 Å². The van der Waals surface area contributed by atoms with E-state index in [2.05, 4.69) is 15.5 Å². The molecule has 2 heterocycles. The molecular weight excluding hydrogens is 354 g/mol. The fraction of sp³-hybridized carbons (Fsp3) is 0.357. The lowest BCUT2D eigenvalue weighted by Gasteiger charge is -2.03. The Morgan fingerprint density at radius 3 is 2.92 bits per heavy atom. The van der Waals surface area contributed by atoms with Gasteiger partial charge in [0.15, 0.2) is 4.34 Å². The largest absolute Gasteiger partial charge is 0.464 e. The van der Waals surface area contributed by atoms with E-state index in [0.717, 1.165) is 19.1 Å². The second-order valence-corrected chi connectivity index (χ2v) is 7.31. The summed E-state index contributed by atoms with van der Waals surface area (Å²) in [5, 5.41) is 10.7. The van der Waals surface area contributed by atoms with Gasteiger partial charge in [-0.3, -0.25) is 14.4 Å². The van der Waals surface area contributed by atoms with E-state index in [1.807, 2.05) is 0 Å². The average Bonchev–Trinajstić information content (AvgIpc) is 3.29. The third-order valence-corrected chi connectivity index (χ3v) is 5.00. The quantitative estimate of drug-likeness (QED) is 0.469. The molecule has 0 spiro atoms. The number of carbonyl (C=O) groups excluding carboxylic acids is 2. The maximum Gasteiger partial charge on any atom is 0.314 e. The Kier molecular flexibility index (Phi) is 4.95. The lowest BCUT2D eigenvalue weighted by atomic mass is 10.4. The zero-order chi connectivity index (χ0) is 17.1. The van der Waals surface area contributed by atoms with Crippen molar-refractivity contribution in [2.24, 2.45) is 5.92 Å². The molecule has 2 aromatic heterocycles. The summed E-state index contributed by atoms with van der Waals surface area (Å²) in [5.74, 6) is 0.00141. The number of nitrogens with zero attached hydrogens (tertiary/aromatic N) is 2. The zero-order valence-electron chi connectivity index (χ0n) is 12.6. The van der Waals surface area contributed by atoms with Gasteiger partial charge in [0.1, 0.15) is 12.0 Å². The van der Waals surface area contributed by atoms with Gasteiger partial charge in [-0.05, 0) is 12.8 Å². The molecule has 3 rings (SSSR count). The highest BCUT2D eigenvalue weighted by Gasteiger charge is 2.32. The molecule has 0 unspecified atom stereocenters. The normalized spacial score (nSPS) is 13.5. The van der Waals surface area contributed by atoms with Gasteiger partial charge in [-0.25, -0.2) is 0 Å². The van der Waals surface area contributed by atoms with Crippen LogP contribution < -0.4 is 15.5 Å². The molecule has 2 aromatic rings. The van der Waals surface area contributed by atoms with Crippen molar-refractivity contribution in [2.45, 2.75) is 29.9 Å². The summed E-state index contributed by atoms with van der Waals surface area (Å²) in [6.07, 6.45) is 2.77. The van der Waals surface area contributed by atoms with E-state index in [4.69, 9.17) is 9.15 Å². The molecular formula is C14H13N3O5S2. The third kappa shape index (κ3) is 4.42. The predicted octanol–water partition coefficient (Wildman–Crippen LogP) is 2.06. The van der Waals surface area contributed by atoms with Crippen molar-refractivity contribution in [3.63, 3.8) is 0 Å². The zero-order valence-corrected chi connectivity index (χ0v) is 14.2. The van der Waals surface area contributed by atoms with E-state index in [1.54, 1.807) is 0 Å². The number of esters is 1. The number of rotatable bonds is 6. The van der Waals surface area contributed by atoms with E-state index in [-0.39, 0.29) is 23.5 Å². The fourth-order valence-electron chi connectivity index (χ4n) is 1.70. The number of ether oxygens (including phenoxy) is 1. The van der Waals surface area contributed by atoms with Crippen molar-refractivity contribution in [1.29, 1.82) is 0 Å². The first-order chi connectivity index (χ1) is 11.5. The van der Waals surface area contributed by atoms with Gasteiger partial charge in [-0.1, -0.05) is 23.1 Å². The van der Waals surface area contributed by atoms with Crippen LogP contribution in [-0.2, 0) is 15.3 Å². The monoisotopic (exact) mass is 367 g/mol. The maximum absolute atomic E-state index is 11.9. The summed E-state index contributed by atoms with van der Waals surface area (Å²) in [5.41, 5.74) is -0.401. The van der Waals surface area contributed by atoms with Gasteiger partial charge in [0.25, 0.3) is 0 Å². The van der Waals surface area contributed by atoms with Crippen LogP contribution in [0, 0.1) is 5.92 Å². The van der Waals surface area contributed by atoms with Crippen LogP contribution >= 0.6 is 23.1 Å². The van der Waals surface area contributed by atoms with E-state index in [1.165, 1.54) is 36.1 Å². The number of hydrogen-bond acceptors (Lipinski definition) is 9. The molecule has 1 saturated carbocycles. The van der Waals surface area contributed by atoms with Crippen molar-refractivity contribution in [3.8, 4) is 5.75 Å². The summed E-state index contributed by atoms with van der Waals surface area (Å²) < 4.78 is 11.0. The Balaban J connectivity index is 1.58. The Morgan fingerprint density at radius 1 is 1.46 bits per heavy atom. The smallest absolute Gasteiger partial charge is 0.314 e. The van der Waals surface area contributed by atoms with E-state index in [0.29, 0.717) is 21.0 Å². The van der Waals surface area contributed by atoms with Crippen LogP contribution in [0.1, 0.15) is 25.5 Å². The molecule has 1 aliphatic carbocycles. The molecule has 1 aliphatic rings. The first-order valence-electron chi connectivity index (χ1n) is 7.08. The molecule has 0 radical (unpaired) electrons. The molecule has 0 aliphatic heterocycles. The minimum atomic E-state index is -0.401. The van der Waals surface area contributed by atoms with E-state index < -0.39 is 5.43 Å². The molecule has 24 heavy (non-hydrogen) atoms. The lowest BCUT2D eigenvalue weighted by Crippen LogP contribution is -2.15. The van der Waals surface area contributed by atoms with Crippen molar-refractivity contribution < 1.29 is 18.7 Å². The van der Waals surface area contributed by atoms with Gasteiger partial charge in [0, 0.05) is 13.0 Å². The van der Waals surface area contributed by atoms with Gasteiger partial charge in [0.2, 0.25) is 22.2 Å². The average molecular weight is 367 g/mol. The van der Waals surface area contributed by atoms with Crippen LogP contribution in [0.4, 0.5) is 5.13 Å². The molecule has 0 atom stereocenters. The van der Waals surface area contributed by atoms with Gasteiger partial charge < -0.3 is 14.5 Å². The second-order valence-electron chi connectivity index (χ2n) is 5.11. The predicted molar refractivity (Wildman–Crippen MR) is 87.1 cm³/mol. The van der Waals surface area contributed by atoms with E-state index in [9.17, 15) is 14.4 Å². The van der Waals surface area contributed by atoms with Crippen LogP contribution in [0.15, 0.2) is 25.9 Å². The molecule has 126 valence electrons. The fourth-order valence-corrected chi connectivity index (χ4v) is 3.39. The summed E-state index contributed by atoms with van der Waals surface area (Å²) in [4.78, 5) is 34.4. The van der Waals surface area contributed by atoms with Crippen molar-refractivity contribution >= 4 is 40.1 Å². The SMILES string of the molecule is CC(=O)Nc1nnc(SCc2cc(=O)c(OC(=O)C3CC3)co2)s1. The topological polar surface area (TPSA) is 111 Å². The van der Waals surface area contributed by atoms with Gasteiger partial charge >= 0.3 is 5.97 Å². The maximum atomic E-state index is 11.9. The van der Waals surface area contributed by atoms with Gasteiger partial charge in [-0.2, -0.15) is 0 Å². The summed E-state index contributed by atoms with van der Waals surface area (Å²) >= 11 is 2.54. The summed E-state index contributed by atoms with van der Waals surface area (Å²) in [6.45, 7) is 1.39. The highest BCUT2D eigenvalue weighted by atomic mass is 32.2. The highest BCUT2D eigenvalue weighted by molar-refractivity contribution is 8.00. The minimum absolute atomic E-state index is 0.0881. The molecule has 0 saturated heterocycles. The Labute approximate surface area is 144 Å². The van der Waals surface area contributed by atoms with Gasteiger partial charge in [0.05, 0.1) is 11.7 Å². The van der Waals surface area contributed by atoms with Crippen LogP contribution in [-0.4, -0.2) is 22.1 Å². The van der Waals surface area contributed by atoms with Crippen LogP contribution in [0.3, 0.4) is 0 Å². The Hall–Kier alpha value is -2.20. The Morgan fingerprint density at radius 2 is 2.25 bits per heavy atom. The number of thioether (sulfide) groups is 1. The number of nitrogens with one attached hydrogen (secondary N) is 1. The van der Waals surface area contributed by atoms with Crippen LogP contribution in [0.2, 0.25) is 0 Å². The molecule has 1 N–H and O–H groups in total. The summed E-state index contributed by atoms with van der Waals surface area (Å²) in [6, 6.07) is 1.29. The molecule has 0 bridgehead atoms. The second kappa shape index (κ2) is 7.14. The standard InChI is InChI=1S/C14H13N3O5S2/c1-7(18)15-13-16-17-14(24-13)23-6-9-4-10(19)11(5-21-9)22-12(20)8-2-3-8/h4-5,8H,2-3,6H2,1H3,(H,15,16,18). The molecule has 0 aromatic carbocycles. The molecule has 10 heteroatoms. The highest BCUT2D eigenvalue weighted by Crippen LogP contribution is 2.31.